The summed E-state index contributed by atoms with van der Waals surface area (Å²) in [5.74, 6) is 0.887. The van der Waals surface area contributed by atoms with Crippen LogP contribution in [0.25, 0.3) is 0 Å². The van der Waals surface area contributed by atoms with Gasteiger partial charge in [0.15, 0.2) is 0 Å². The lowest BCUT2D eigenvalue weighted by Gasteiger charge is -2.20. The van der Waals surface area contributed by atoms with Crippen molar-refractivity contribution in [1.29, 1.82) is 0 Å². The molecule has 3 rings (SSSR count). The third kappa shape index (κ3) is 3.95. The van der Waals surface area contributed by atoms with Crippen LogP contribution in [-0.4, -0.2) is 28.9 Å². The highest BCUT2D eigenvalue weighted by Gasteiger charge is 2.27. The Morgan fingerprint density at radius 2 is 2.09 bits per heavy atom. The van der Waals surface area contributed by atoms with E-state index in [9.17, 15) is 4.79 Å². The Hall–Kier alpha value is -1.68. The summed E-state index contributed by atoms with van der Waals surface area (Å²) in [6.07, 6.45) is 6.11. The van der Waals surface area contributed by atoms with Crippen molar-refractivity contribution in [3.8, 4) is 0 Å². The third-order valence-electron chi connectivity index (χ3n) is 3.92. The van der Waals surface area contributed by atoms with E-state index in [2.05, 4.69) is 24.0 Å². The first-order valence-corrected chi connectivity index (χ1v) is 8.86. The SMILES string of the molecule is CCCN(CC1CC1)C(=O)c1cnc(Cc2ccccc2)s1. The van der Waals surface area contributed by atoms with Crippen LogP contribution < -0.4 is 0 Å². The fourth-order valence-electron chi connectivity index (χ4n) is 2.57. The van der Waals surface area contributed by atoms with Crippen molar-refractivity contribution in [2.45, 2.75) is 32.6 Å². The van der Waals surface area contributed by atoms with Crippen molar-refractivity contribution >= 4 is 17.2 Å². The van der Waals surface area contributed by atoms with E-state index in [1.54, 1.807) is 6.20 Å². The standard InChI is InChI=1S/C18H22N2OS/c1-2-10-20(13-15-8-9-15)18(21)16-12-19-17(22-16)11-14-6-4-3-5-7-14/h3-7,12,15H,2,8-11,13H2,1H3. The zero-order valence-electron chi connectivity index (χ0n) is 13.0. The molecule has 0 N–H and O–H groups in total. The molecule has 116 valence electrons. The normalized spacial score (nSPS) is 14.0. The van der Waals surface area contributed by atoms with Gasteiger partial charge in [0, 0.05) is 19.5 Å². The van der Waals surface area contributed by atoms with Crippen molar-refractivity contribution in [3.05, 3.63) is 52.0 Å². The maximum Gasteiger partial charge on any atom is 0.265 e. The second-order valence-corrected chi connectivity index (χ2v) is 7.09. The van der Waals surface area contributed by atoms with Crippen LogP contribution in [0.5, 0.6) is 0 Å². The van der Waals surface area contributed by atoms with Crippen LogP contribution >= 0.6 is 11.3 Å². The second kappa shape index (κ2) is 7.05. The van der Waals surface area contributed by atoms with E-state index < -0.39 is 0 Å². The van der Waals surface area contributed by atoms with Gasteiger partial charge < -0.3 is 4.90 Å². The Balaban J connectivity index is 1.67. The summed E-state index contributed by atoms with van der Waals surface area (Å²) in [5, 5.41) is 1.01. The summed E-state index contributed by atoms with van der Waals surface area (Å²) in [5.41, 5.74) is 1.24. The summed E-state index contributed by atoms with van der Waals surface area (Å²) >= 11 is 1.54. The van der Waals surface area contributed by atoms with E-state index in [4.69, 9.17) is 0 Å². The van der Waals surface area contributed by atoms with Gasteiger partial charge in [-0.05, 0) is 30.7 Å². The van der Waals surface area contributed by atoms with Crippen molar-refractivity contribution in [3.63, 3.8) is 0 Å². The van der Waals surface area contributed by atoms with Gasteiger partial charge in [-0.25, -0.2) is 4.98 Å². The number of carbonyl (C=O) groups is 1. The number of nitrogens with zero attached hydrogens (tertiary/aromatic N) is 2. The lowest BCUT2D eigenvalue weighted by molar-refractivity contribution is 0.0752. The maximum absolute atomic E-state index is 12.7. The Morgan fingerprint density at radius 1 is 1.32 bits per heavy atom. The van der Waals surface area contributed by atoms with Gasteiger partial charge in [0.2, 0.25) is 0 Å². The summed E-state index contributed by atoms with van der Waals surface area (Å²) in [6.45, 7) is 3.89. The molecule has 2 aromatic rings. The van der Waals surface area contributed by atoms with Crippen LogP contribution in [0.4, 0.5) is 0 Å². The molecule has 1 fully saturated rings. The average molecular weight is 314 g/mol. The van der Waals surface area contributed by atoms with Crippen LogP contribution in [0.1, 0.15) is 46.4 Å². The summed E-state index contributed by atoms with van der Waals surface area (Å²) in [4.78, 5) is 19.9. The van der Waals surface area contributed by atoms with Gasteiger partial charge in [-0.1, -0.05) is 37.3 Å². The molecule has 22 heavy (non-hydrogen) atoms. The number of aromatic nitrogens is 1. The monoisotopic (exact) mass is 314 g/mol. The highest BCUT2D eigenvalue weighted by molar-refractivity contribution is 7.13. The van der Waals surface area contributed by atoms with Gasteiger partial charge in [0.25, 0.3) is 5.91 Å². The molecule has 1 aliphatic rings. The molecule has 0 spiro atoms. The van der Waals surface area contributed by atoms with E-state index in [0.29, 0.717) is 0 Å². The van der Waals surface area contributed by atoms with Crippen molar-refractivity contribution in [2.24, 2.45) is 5.92 Å². The fraction of sp³-hybridized carbons (Fsp3) is 0.444. The molecule has 3 nitrogen and oxygen atoms in total. The summed E-state index contributed by atoms with van der Waals surface area (Å²) < 4.78 is 0. The molecule has 4 heteroatoms. The van der Waals surface area contributed by atoms with Crippen LogP contribution in [0.3, 0.4) is 0 Å². The van der Waals surface area contributed by atoms with Crippen LogP contribution in [-0.2, 0) is 6.42 Å². The molecule has 0 radical (unpaired) electrons. The maximum atomic E-state index is 12.7. The van der Waals surface area contributed by atoms with Gasteiger partial charge in [0.05, 0.1) is 11.2 Å². The van der Waals surface area contributed by atoms with Gasteiger partial charge in [-0.15, -0.1) is 11.3 Å². The van der Waals surface area contributed by atoms with Gasteiger partial charge in [0.1, 0.15) is 4.88 Å². The van der Waals surface area contributed by atoms with E-state index in [1.165, 1.54) is 29.7 Å². The predicted molar refractivity (Wildman–Crippen MR) is 90.3 cm³/mol. The van der Waals surface area contributed by atoms with E-state index in [-0.39, 0.29) is 5.91 Å². The molecule has 0 atom stereocenters. The highest BCUT2D eigenvalue weighted by Crippen LogP contribution is 2.30. The summed E-state index contributed by atoms with van der Waals surface area (Å²) in [7, 11) is 0. The van der Waals surface area contributed by atoms with Gasteiger partial charge in [-0.2, -0.15) is 0 Å². The molecular formula is C18H22N2OS. The molecule has 0 unspecified atom stereocenters. The minimum Gasteiger partial charge on any atom is -0.338 e. The average Bonchev–Trinajstić information content (AvgIpc) is 3.24. The number of benzene rings is 1. The highest BCUT2D eigenvalue weighted by atomic mass is 32.1. The Kier molecular flexibility index (Phi) is 4.88. The van der Waals surface area contributed by atoms with Crippen molar-refractivity contribution in [2.75, 3.05) is 13.1 Å². The number of hydrogen-bond donors (Lipinski definition) is 0. The zero-order chi connectivity index (χ0) is 15.4. The fourth-order valence-corrected chi connectivity index (χ4v) is 3.49. The molecule has 0 aliphatic heterocycles. The molecule has 1 aliphatic carbocycles. The Bertz CT molecular complexity index is 619. The molecule has 1 aromatic carbocycles. The van der Waals surface area contributed by atoms with E-state index >= 15 is 0 Å². The molecule has 1 saturated carbocycles. The minimum atomic E-state index is 0.158. The number of hydrogen-bond acceptors (Lipinski definition) is 3. The molecule has 0 saturated heterocycles. The number of carbonyl (C=O) groups excluding carboxylic acids is 1. The molecular weight excluding hydrogens is 292 g/mol. The largest absolute Gasteiger partial charge is 0.338 e. The number of thiazole rings is 1. The Labute approximate surface area is 136 Å². The first-order chi connectivity index (χ1) is 10.8. The molecule has 1 aromatic heterocycles. The lowest BCUT2D eigenvalue weighted by Crippen LogP contribution is -2.33. The van der Waals surface area contributed by atoms with E-state index in [0.717, 1.165) is 41.7 Å². The topological polar surface area (TPSA) is 33.2 Å². The smallest absolute Gasteiger partial charge is 0.265 e. The van der Waals surface area contributed by atoms with Gasteiger partial charge in [-0.3, -0.25) is 4.79 Å². The quantitative estimate of drug-likeness (QED) is 0.774. The van der Waals surface area contributed by atoms with Crippen molar-refractivity contribution < 1.29 is 4.79 Å². The second-order valence-electron chi connectivity index (χ2n) is 5.98. The van der Waals surface area contributed by atoms with E-state index in [1.807, 2.05) is 23.1 Å². The lowest BCUT2D eigenvalue weighted by atomic mass is 10.2. The molecule has 1 amide bonds. The van der Waals surface area contributed by atoms with Crippen molar-refractivity contribution in [1.82, 2.24) is 9.88 Å². The zero-order valence-corrected chi connectivity index (χ0v) is 13.8. The first kappa shape index (κ1) is 15.2. The number of rotatable bonds is 7. The van der Waals surface area contributed by atoms with Crippen LogP contribution in [0.2, 0.25) is 0 Å². The predicted octanol–water partition coefficient (Wildman–Crippen LogP) is 4.00. The Morgan fingerprint density at radius 3 is 2.77 bits per heavy atom. The molecule has 0 bridgehead atoms. The minimum absolute atomic E-state index is 0.158. The first-order valence-electron chi connectivity index (χ1n) is 8.04. The summed E-state index contributed by atoms with van der Waals surface area (Å²) in [6, 6.07) is 10.3. The van der Waals surface area contributed by atoms with Crippen LogP contribution in [0.15, 0.2) is 36.5 Å². The van der Waals surface area contributed by atoms with Crippen LogP contribution in [0, 0.1) is 5.92 Å². The molecule has 1 heterocycles. The third-order valence-corrected chi connectivity index (χ3v) is 4.90. The number of amides is 1. The van der Waals surface area contributed by atoms with Gasteiger partial charge >= 0.3 is 0 Å².